The predicted octanol–water partition coefficient (Wildman–Crippen LogP) is 1.21. The molecule has 2 aromatic rings. The lowest BCUT2D eigenvalue weighted by Crippen LogP contribution is -2.36. The van der Waals surface area contributed by atoms with Crippen molar-refractivity contribution in [3.63, 3.8) is 0 Å². The summed E-state index contributed by atoms with van der Waals surface area (Å²) in [7, 11) is 0. The third-order valence-corrected chi connectivity index (χ3v) is 3.68. The molecule has 8 nitrogen and oxygen atoms in total. The molecular formula is C15H18N4O4. The van der Waals surface area contributed by atoms with Crippen LogP contribution in [0.2, 0.25) is 0 Å². The standard InChI is InChI=1S/C15H18N4O4/c20-13-4-1-2-7-19(13)8-3-9-22-11-5-6-12(16-10-11)14-17-15(21)23-18-14/h5-6,10H,1-4,7-9H2,(H,17,18,21). The maximum Gasteiger partial charge on any atom is 0.439 e. The van der Waals surface area contributed by atoms with E-state index >= 15 is 0 Å². The number of hydrogen-bond acceptors (Lipinski definition) is 6. The number of aromatic nitrogens is 3. The third-order valence-electron chi connectivity index (χ3n) is 3.68. The van der Waals surface area contributed by atoms with Crippen molar-refractivity contribution in [2.75, 3.05) is 19.7 Å². The summed E-state index contributed by atoms with van der Waals surface area (Å²) >= 11 is 0. The fourth-order valence-corrected chi connectivity index (χ4v) is 2.49. The molecule has 23 heavy (non-hydrogen) atoms. The highest BCUT2D eigenvalue weighted by molar-refractivity contribution is 5.76. The first-order valence-corrected chi connectivity index (χ1v) is 7.65. The van der Waals surface area contributed by atoms with Crippen molar-refractivity contribution in [1.29, 1.82) is 0 Å². The molecule has 1 saturated heterocycles. The molecule has 1 aliphatic heterocycles. The van der Waals surface area contributed by atoms with Gasteiger partial charge >= 0.3 is 5.76 Å². The number of likely N-dealkylation sites (tertiary alicyclic amines) is 1. The van der Waals surface area contributed by atoms with Crippen LogP contribution >= 0.6 is 0 Å². The van der Waals surface area contributed by atoms with Crippen molar-refractivity contribution >= 4 is 5.91 Å². The monoisotopic (exact) mass is 318 g/mol. The minimum atomic E-state index is -0.616. The summed E-state index contributed by atoms with van der Waals surface area (Å²) in [6, 6.07) is 3.44. The van der Waals surface area contributed by atoms with Gasteiger partial charge in [0.25, 0.3) is 0 Å². The van der Waals surface area contributed by atoms with E-state index in [1.165, 1.54) is 0 Å². The summed E-state index contributed by atoms with van der Waals surface area (Å²) in [5.74, 6) is 0.535. The first-order valence-electron chi connectivity index (χ1n) is 7.65. The highest BCUT2D eigenvalue weighted by Crippen LogP contribution is 2.15. The molecule has 0 unspecified atom stereocenters. The summed E-state index contributed by atoms with van der Waals surface area (Å²) in [4.78, 5) is 31.1. The van der Waals surface area contributed by atoms with Gasteiger partial charge in [-0.05, 0) is 31.4 Å². The minimum absolute atomic E-state index is 0.240. The van der Waals surface area contributed by atoms with Gasteiger partial charge < -0.3 is 9.64 Å². The molecule has 3 heterocycles. The number of amides is 1. The molecule has 1 aliphatic rings. The van der Waals surface area contributed by atoms with Gasteiger partial charge in [-0.1, -0.05) is 5.16 Å². The number of carbonyl (C=O) groups is 1. The average Bonchev–Trinajstić information content (AvgIpc) is 3.00. The van der Waals surface area contributed by atoms with Crippen LogP contribution in [-0.4, -0.2) is 45.6 Å². The van der Waals surface area contributed by atoms with E-state index in [2.05, 4.69) is 19.6 Å². The molecule has 2 aromatic heterocycles. The molecule has 0 radical (unpaired) electrons. The highest BCUT2D eigenvalue weighted by atomic mass is 16.5. The second-order valence-electron chi connectivity index (χ2n) is 5.36. The molecule has 122 valence electrons. The van der Waals surface area contributed by atoms with Crippen LogP contribution in [0.25, 0.3) is 11.5 Å². The van der Waals surface area contributed by atoms with E-state index in [1.54, 1.807) is 18.3 Å². The van der Waals surface area contributed by atoms with Crippen LogP contribution in [-0.2, 0) is 4.79 Å². The highest BCUT2D eigenvalue weighted by Gasteiger charge is 2.17. The molecule has 0 spiro atoms. The zero-order valence-corrected chi connectivity index (χ0v) is 12.7. The smallest absolute Gasteiger partial charge is 0.439 e. The molecule has 0 bridgehead atoms. The Bertz CT molecular complexity index is 707. The van der Waals surface area contributed by atoms with Gasteiger partial charge in [-0.25, -0.2) is 9.78 Å². The quantitative estimate of drug-likeness (QED) is 0.803. The number of pyridine rings is 1. The average molecular weight is 318 g/mol. The summed E-state index contributed by atoms with van der Waals surface area (Å²) in [6.45, 7) is 2.10. The lowest BCUT2D eigenvalue weighted by Gasteiger charge is -2.26. The molecule has 0 aliphatic carbocycles. The maximum atomic E-state index is 11.7. The number of ether oxygens (including phenoxy) is 1. The van der Waals surface area contributed by atoms with E-state index in [9.17, 15) is 9.59 Å². The Labute approximate surface area is 132 Å². The minimum Gasteiger partial charge on any atom is -0.492 e. The molecule has 3 rings (SSSR count). The van der Waals surface area contributed by atoms with E-state index < -0.39 is 5.76 Å². The third kappa shape index (κ3) is 3.97. The van der Waals surface area contributed by atoms with E-state index in [1.807, 2.05) is 4.90 Å². The van der Waals surface area contributed by atoms with Gasteiger partial charge in [0.15, 0.2) is 0 Å². The Morgan fingerprint density at radius 3 is 2.91 bits per heavy atom. The Morgan fingerprint density at radius 2 is 2.22 bits per heavy atom. The Kier molecular flexibility index (Phi) is 4.70. The second kappa shape index (κ2) is 7.08. The molecule has 1 amide bonds. The number of carbonyl (C=O) groups excluding carboxylic acids is 1. The van der Waals surface area contributed by atoms with Crippen molar-refractivity contribution in [2.24, 2.45) is 0 Å². The number of nitrogens with one attached hydrogen (secondary N) is 1. The predicted molar refractivity (Wildman–Crippen MR) is 80.9 cm³/mol. The van der Waals surface area contributed by atoms with Gasteiger partial charge in [0.2, 0.25) is 11.7 Å². The Hall–Kier alpha value is -2.64. The summed E-state index contributed by atoms with van der Waals surface area (Å²) in [5, 5.41) is 3.57. The van der Waals surface area contributed by atoms with Crippen molar-refractivity contribution in [3.05, 3.63) is 28.9 Å². The SMILES string of the molecule is O=C1CCCCN1CCCOc1ccc(-c2noc(=O)[nH]2)nc1. The van der Waals surface area contributed by atoms with Gasteiger partial charge in [0, 0.05) is 19.5 Å². The molecular weight excluding hydrogens is 300 g/mol. The second-order valence-corrected chi connectivity index (χ2v) is 5.36. The summed E-state index contributed by atoms with van der Waals surface area (Å²) in [6.07, 6.45) is 5.09. The summed E-state index contributed by atoms with van der Waals surface area (Å²) < 4.78 is 10.0. The fraction of sp³-hybridized carbons (Fsp3) is 0.467. The van der Waals surface area contributed by atoms with E-state index in [4.69, 9.17) is 4.74 Å². The van der Waals surface area contributed by atoms with Crippen LogP contribution in [0.15, 0.2) is 27.6 Å². The van der Waals surface area contributed by atoms with Gasteiger partial charge in [-0.3, -0.25) is 14.3 Å². The number of nitrogens with zero attached hydrogens (tertiary/aromatic N) is 3. The summed E-state index contributed by atoms with van der Waals surface area (Å²) in [5.41, 5.74) is 0.502. The van der Waals surface area contributed by atoms with Gasteiger partial charge in [-0.2, -0.15) is 0 Å². The molecule has 0 saturated carbocycles. The van der Waals surface area contributed by atoms with Crippen LogP contribution in [0.5, 0.6) is 5.75 Å². The topological polar surface area (TPSA) is 101 Å². The first-order chi connectivity index (χ1) is 11.2. The molecule has 8 heteroatoms. The number of aromatic amines is 1. The van der Waals surface area contributed by atoms with Crippen molar-refractivity contribution in [3.8, 4) is 17.3 Å². The van der Waals surface area contributed by atoms with Gasteiger partial charge in [0.1, 0.15) is 11.4 Å². The van der Waals surface area contributed by atoms with Crippen LogP contribution < -0.4 is 10.5 Å². The number of rotatable bonds is 6. The first kappa shape index (κ1) is 15.3. The van der Waals surface area contributed by atoms with Crippen molar-refractivity contribution in [1.82, 2.24) is 20.0 Å². The Morgan fingerprint density at radius 1 is 1.30 bits per heavy atom. The lowest BCUT2D eigenvalue weighted by atomic mass is 10.1. The van der Waals surface area contributed by atoms with E-state index in [0.29, 0.717) is 24.5 Å². The number of piperidine rings is 1. The van der Waals surface area contributed by atoms with Crippen LogP contribution in [0.1, 0.15) is 25.7 Å². The van der Waals surface area contributed by atoms with Crippen molar-refractivity contribution < 1.29 is 14.1 Å². The largest absolute Gasteiger partial charge is 0.492 e. The van der Waals surface area contributed by atoms with Gasteiger partial charge in [-0.15, -0.1) is 0 Å². The van der Waals surface area contributed by atoms with Crippen LogP contribution in [0, 0.1) is 0 Å². The van der Waals surface area contributed by atoms with Crippen molar-refractivity contribution in [2.45, 2.75) is 25.7 Å². The van der Waals surface area contributed by atoms with Gasteiger partial charge in [0.05, 0.1) is 12.8 Å². The maximum absolute atomic E-state index is 11.7. The van der Waals surface area contributed by atoms with Crippen LogP contribution in [0.4, 0.5) is 0 Å². The van der Waals surface area contributed by atoms with E-state index in [-0.39, 0.29) is 11.7 Å². The molecule has 1 fully saturated rings. The zero-order chi connectivity index (χ0) is 16.1. The van der Waals surface area contributed by atoms with Crippen LogP contribution in [0.3, 0.4) is 0 Å². The molecule has 0 aromatic carbocycles. The van der Waals surface area contributed by atoms with E-state index in [0.717, 1.165) is 32.4 Å². The fourth-order valence-electron chi connectivity index (χ4n) is 2.49. The number of H-pyrrole nitrogens is 1. The Balaban J connectivity index is 1.45. The zero-order valence-electron chi connectivity index (χ0n) is 12.7. The lowest BCUT2D eigenvalue weighted by molar-refractivity contribution is -0.133. The molecule has 0 atom stereocenters. The number of hydrogen-bond donors (Lipinski definition) is 1. The normalized spacial score (nSPS) is 15.0. The molecule has 1 N–H and O–H groups in total.